The van der Waals surface area contributed by atoms with E-state index in [2.05, 4.69) is 5.32 Å². The van der Waals surface area contributed by atoms with E-state index in [1.165, 1.54) is 12.1 Å². The SMILES string of the molecule is CN(C)CCN(C(=O)NCc1ccc(F)cc1)C1CCS(=O)(=O)C1. The van der Waals surface area contributed by atoms with Gasteiger partial charge in [0.25, 0.3) is 0 Å². The largest absolute Gasteiger partial charge is 0.334 e. The van der Waals surface area contributed by atoms with Crippen LogP contribution in [0.25, 0.3) is 0 Å². The number of sulfone groups is 1. The monoisotopic (exact) mass is 357 g/mol. The van der Waals surface area contributed by atoms with Crippen molar-refractivity contribution in [3.8, 4) is 0 Å². The van der Waals surface area contributed by atoms with Gasteiger partial charge in [-0.3, -0.25) is 0 Å². The van der Waals surface area contributed by atoms with Crippen molar-refractivity contribution in [3.05, 3.63) is 35.6 Å². The summed E-state index contributed by atoms with van der Waals surface area (Å²) in [7, 11) is 0.744. The maximum Gasteiger partial charge on any atom is 0.317 e. The van der Waals surface area contributed by atoms with Gasteiger partial charge < -0.3 is 15.1 Å². The van der Waals surface area contributed by atoms with Gasteiger partial charge in [0.05, 0.1) is 11.5 Å². The average molecular weight is 357 g/mol. The highest BCUT2D eigenvalue weighted by atomic mass is 32.2. The van der Waals surface area contributed by atoms with E-state index >= 15 is 0 Å². The number of carbonyl (C=O) groups excluding carboxylic acids is 1. The minimum absolute atomic E-state index is 0.0183. The van der Waals surface area contributed by atoms with E-state index in [0.29, 0.717) is 19.5 Å². The molecule has 8 heteroatoms. The molecule has 1 saturated heterocycles. The summed E-state index contributed by atoms with van der Waals surface area (Å²) in [4.78, 5) is 16.1. The molecule has 2 amide bonds. The summed E-state index contributed by atoms with van der Waals surface area (Å²) in [5.74, 6) is -0.181. The maximum absolute atomic E-state index is 12.9. The minimum Gasteiger partial charge on any atom is -0.334 e. The number of likely N-dealkylation sites (N-methyl/N-ethyl adjacent to an activating group) is 1. The molecule has 1 N–H and O–H groups in total. The summed E-state index contributed by atoms with van der Waals surface area (Å²) in [6.45, 7) is 1.39. The van der Waals surface area contributed by atoms with Gasteiger partial charge in [-0.1, -0.05) is 12.1 Å². The number of rotatable bonds is 6. The van der Waals surface area contributed by atoms with E-state index < -0.39 is 9.84 Å². The van der Waals surface area contributed by atoms with Crippen LogP contribution in [-0.2, 0) is 16.4 Å². The molecule has 24 heavy (non-hydrogen) atoms. The van der Waals surface area contributed by atoms with Crippen LogP contribution in [0.5, 0.6) is 0 Å². The van der Waals surface area contributed by atoms with Crippen molar-refractivity contribution < 1.29 is 17.6 Å². The van der Waals surface area contributed by atoms with Crippen LogP contribution >= 0.6 is 0 Å². The Morgan fingerprint density at radius 3 is 2.46 bits per heavy atom. The van der Waals surface area contributed by atoms with Crippen molar-refractivity contribution >= 4 is 15.9 Å². The zero-order valence-electron chi connectivity index (χ0n) is 14.0. The van der Waals surface area contributed by atoms with E-state index in [4.69, 9.17) is 0 Å². The lowest BCUT2D eigenvalue weighted by molar-refractivity contribution is 0.172. The fourth-order valence-electron chi connectivity index (χ4n) is 2.66. The van der Waals surface area contributed by atoms with E-state index in [9.17, 15) is 17.6 Å². The fourth-order valence-corrected chi connectivity index (χ4v) is 4.39. The molecule has 1 heterocycles. The average Bonchev–Trinajstić information content (AvgIpc) is 2.86. The number of hydrogen-bond acceptors (Lipinski definition) is 4. The van der Waals surface area contributed by atoms with E-state index in [0.717, 1.165) is 5.56 Å². The molecule has 134 valence electrons. The summed E-state index contributed by atoms with van der Waals surface area (Å²) in [6, 6.07) is 5.33. The molecule has 1 aromatic rings. The second-order valence-electron chi connectivity index (χ2n) is 6.34. The Bertz CT molecular complexity index is 662. The van der Waals surface area contributed by atoms with E-state index in [1.807, 2.05) is 19.0 Å². The Labute approximate surface area is 142 Å². The minimum atomic E-state index is -3.06. The molecule has 0 aliphatic carbocycles. The second-order valence-corrected chi connectivity index (χ2v) is 8.57. The molecule has 0 bridgehead atoms. The van der Waals surface area contributed by atoms with Crippen LogP contribution in [-0.4, -0.2) is 69.0 Å². The molecule has 0 aromatic heterocycles. The number of nitrogens with one attached hydrogen (secondary N) is 1. The van der Waals surface area contributed by atoms with Crippen molar-refractivity contribution in [1.82, 2.24) is 15.1 Å². The van der Waals surface area contributed by atoms with Crippen LogP contribution in [0.2, 0.25) is 0 Å². The Morgan fingerprint density at radius 1 is 1.25 bits per heavy atom. The zero-order chi connectivity index (χ0) is 17.7. The van der Waals surface area contributed by atoms with Crippen molar-refractivity contribution in [3.63, 3.8) is 0 Å². The molecule has 2 rings (SSSR count). The first kappa shape index (κ1) is 18.7. The van der Waals surface area contributed by atoms with Gasteiger partial charge in [-0.2, -0.15) is 0 Å². The van der Waals surface area contributed by atoms with E-state index in [-0.39, 0.29) is 35.9 Å². The number of urea groups is 1. The molecular weight excluding hydrogens is 333 g/mol. The van der Waals surface area contributed by atoms with Crippen molar-refractivity contribution in [2.24, 2.45) is 0 Å². The number of hydrogen-bond donors (Lipinski definition) is 1. The van der Waals surface area contributed by atoms with Gasteiger partial charge >= 0.3 is 6.03 Å². The molecule has 1 aliphatic rings. The second kappa shape index (κ2) is 7.94. The molecule has 1 fully saturated rings. The van der Waals surface area contributed by atoms with Crippen LogP contribution in [0.4, 0.5) is 9.18 Å². The summed E-state index contributed by atoms with van der Waals surface area (Å²) in [6.07, 6.45) is 0.472. The molecule has 1 aliphatic heterocycles. The van der Waals surface area contributed by atoms with Gasteiger partial charge in [-0.05, 0) is 38.2 Å². The predicted molar refractivity (Wildman–Crippen MR) is 91.0 cm³/mol. The number of halogens is 1. The highest BCUT2D eigenvalue weighted by Crippen LogP contribution is 2.18. The summed E-state index contributed by atoms with van der Waals surface area (Å²) in [5, 5.41) is 2.80. The van der Waals surface area contributed by atoms with Crippen molar-refractivity contribution in [2.45, 2.75) is 19.0 Å². The van der Waals surface area contributed by atoms with E-state index in [1.54, 1.807) is 17.0 Å². The highest BCUT2D eigenvalue weighted by Gasteiger charge is 2.34. The lowest BCUT2D eigenvalue weighted by Crippen LogP contribution is -2.49. The van der Waals surface area contributed by atoms with Crippen molar-refractivity contribution in [2.75, 3.05) is 38.7 Å². The molecule has 0 saturated carbocycles. The summed E-state index contributed by atoms with van der Waals surface area (Å²) < 4.78 is 36.3. The molecule has 6 nitrogen and oxygen atoms in total. The maximum atomic E-state index is 12.9. The van der Waals surface area contributed by atoms with Gasteiger partial charge in [-0.25, -0.2) is 17.6 Å². The van der Waals surface area contributed by atoms with Crippen LogP contribution in [0.3, 0.4) is 0 Å². The molecule has 0 radical (unpaired) electrons. The third-order valence-corrected chi connectivity index (χ3v) is 5.81. The van der Waals surface area contributed by atoms with Crippen LogP contribution in [0, 0.1) is 5.82 Å². The highest BCUT2D eigenvalue weighted by molar-refractivity contribution is 7.91. The number of nitrogens with zero attached hydrogens (tertiary/aromatic N) is 2. The van der Waals surface area contributed by atoms with Gasteiger partial charge in [0.15, 0.2) is 9.84 Å². The summed E-state index contributed by atoms with van der Waals surface area (Å²) in [5.41, 5.74) is 0.788. The van der Waals surface area contributed by atoms with Gasteiger partial charge in [0, 0.05) is 25.7 Å². The number of benzene rings is 1. The lowest BCUT2D eigenvalue weighted by Gasteiger charge is -2.29. The molecule has 1 aromatic carbocycles. The molecule has 1 atom stereocenters. The topological polar surface area (TPSA) is 69.7 Å². The van der Waals surface area contributed by atoms with Gasteiger partial charge in [0.1, 0.15) is 5.82 Å². The first-order valence-electron chi connectivity index (χ1n) is 7.91. The number of amides is 2. The summed E-state index contributed by atoms with van der Waals surface area (Å²) >= 11 is 0. The smallest absolute Gasteiger partial charge is 0.317 e. The molecular formula is C16H24FN3O3S. The van der Waals surface area contributed by atoms with Crippen molar-refractivity contribution in [1.29, 1.82) is 0 Å². The van der Waals surface area contributed by atoms with Gasteiger partial charge in [-0.15, -0.1) is 0 Å². The molecule has 1 unspecified atom stereocenters. The standard InChI is InChI=1S/C16H24FN3O3S/c1-19(2)8-9-20(15-7-10-24(22,23)12-15)16(21)18-11-13-3-5-14(17)6-4-13/h3-6,15H,7-12H2,1-2H3,(H,18,21). The zero-order valence-corrected chi connectivity index (χ0v) is 14.9. The van der Waals surface area contributed by atoms with Crippen LogP contribution in [0.15, 0.2) is 24.3 Å². The third-order valence-electron chi connectivity index (χ3n) is 4.06. The van der Waals surface area contributed by atoms with Gasteiger partial charge in [0.2, 0.25) is 0 Å². The fraction of sp³-hybridized carbons (Fsp3) is 0.562. The first-order chi connectivity index (χ1) is 11.3. The normalized spacial score (nSPS) is 19.4. The van der Waals surface area contributed by atoms with Crippen LogP contribution in [0.1, 0.15) is 12.0 Å². The van der Waals surface area contributed by atoms with Crippen LogP contribution < -0.4 is 5.32 Å². The first-order valence-corrected chi connectivity index (χ1v) is 9.73. The quantitative estimate of drug-likeness (QED) is 0.827. The Kier molecular flexibility index (Phi) is 6.17. The Balaban J connectivity index is 1.99. The predicted octanol–water partition coefficient (Wildman–Crippen LogP) is 1.09. The Hall–Kier alpha value is -1.67. The number of carbonyl (C=O) groups is 1. The Morgan fingerprint density at radius 2 is 1.92 bits per heavy atom. The third kappa shape index (κ3) is 5.45. The molecule has 0 spiro atoms. The lowest BCUT2D eigenvalue weighted by atomic mass is 10.2.